The van der Waals surface area contributed by atoms with Crippen LogP contribution in [-0.2, 0) is 6.42 Å². The fraction of sp³-hybridized carbons (Fsp3) is 0.250. The fourth-order valence-electron chi connectivity index (χ4n) is 2.23. The molecule has 1 nitrogen and oxygen atoms in total. The van der Waals surface area contributed by atoms with Gasteiger partial charge in [0.2, 0.25) is 0 Å². The van der Waals surface area contributed by atoms with E-state index in [0.29, 0.717) is 12.0 Å². The lowest BCUT2D eigenvalue weighted by atomic mass is 9.98. The van der Waals surface area contributed by atoms with Crippen LogP contribution in [0.15, 0.2) is 45.3 Å². The van der Waals surface area contributed by atoms with E-state index in [1.54, 1.807) is 0 Å². The van der Waals surface area contributed by atoms with Gasteiger partial charge >= 0.3 is 0 Å². The topological polar surface area (TPSA) is 12.0 Å². The minimum absolute atomic E-state index is 0.0539. The van der Waals surface area contributed by atoms with Crippen LogP contribution in [0.2, 0.25) is 0 Å². The van der Waals surface area contributed by atoms with E-state index in [-0.39, 0.29) is 6.04 Å². The predicted octanol–water partition coefficient (Wildman–Crippen LogP) is 5.38. The molecule has 0 fully saturated rings. The number of hydrogen-bond acceptors (Lipinski definition) is 1. The van der Waals surface area contributed by atoms with Crippen LogP contribution in [0.1, 0.15) is 24.1 Å². The summed E-state index contributed by atoms with van der Waals surface area (Å²) in [6, 6.07) is 9.55. The number of hydrogen-bond donors (Lipinski definition) is 1. The lowest BCUT2D eigenvalue weighted by Crippen LogP contribution is -2.23. The van der Waals surface area contributed by atoms with Crippen molar-refractivity contribution in [3.05, 3.63) is 68.1 Å². The lowest BCUT2D eigenvalue weighted by molar-refractivity contribution is 0.519. The van der Waals surface area contributed by atoms with E-state index < -0.39 is 11.6 Å². The number of nitrogens with one attached hydrogen (secondary N) is 1. The number of rotatable bonds is 5. The first-order chi connectivity index (χ1) is 10.0. The standard InChI is InChI=1S/C16H15Br2F2N/c1-2-21-16(13-8-11(17)4-6-14(13)18)7-10-3-5-12(19)9-15(10)20/h3-6,8-9,16,21H,2,7H2,1H3. The van der Waals surface area contributed by atoms with Crippen LogP contribution in [0.4, 0.5) is 8.78 Å². The molecule has 1 atom stereocenters. The van der Waals surface area contributed by atoms with Crippen molar-refractivity contribution in [2.24, 2.45) is 0 Å². The zero-order valence-electron chi connectivity index (χ0n) is 11.5. The van der Waals surface area contributed by atoms with Crippen molar-refractivity contribution in [2.45, 2.75) is 19.4 Å². The van der Waals surface area contributed by atoms with E-state index >= 15 is 0 Å². The van der Waals surface area contributed by atoms with Crippen molar-refractivity contribution in [1.29, 1.82) is 0 Å². The van der Waals surface area contributed by atoms with Crippen molar-refractivity contribution < 1.29 is 8.78 Å². The van der Waals surface area contributed by atoms with Gasteiger partial charge in [-0.1, -0.05) is 44.8 Å². The summed E-state index contributed by atoms with van der Waals surface area (Å²) >= 11 is 6.98. The van der Waals surface area contributed by atoms with Crippen molar-refractivity contribution in [3.8, 4) is 0 Å². The SMILES string of the molecule is CCNC(Cc1ccc(F)cc1F)c1cc(Br)ccc1Br. The van der Waals surface area contributed by atoms with Gasteiger partial charge < -0.3 is 5.32 Å². The predicted molar refractivity (Wildman–Crippen MR) is 88.3 cm³/mol. The molecule has 0 spiro atoms. The van der Waals surface area contributed by atoms with Crippen LogP contribution in [0.5, 0.6) is 0 Å². The van der Waals surface area contributed by atoms with Crippen LogP contribution in [0.3, 0.4) is 0 Å². The van der Waals surface area contributed by atoms with Crippen LogP contribution >= 0.6 is 31.9 Å². The molecule has 0 heterocycles. The summed E-state index contributed by atoms with van der Waals surface area (Å²) < 4.78 is 28.8. The zero-order valence-corrected chi connectivity index (χ0v) is 14.6. The summed E-state index contributed by atoms with van der Waals surface area (Å²) in [4.78, 5) is 0. The van der Waals surface area contributed by atoms with Crippen LogP contribution in [0, 0.1) is 11.6 Å². The van der Waals surface area contributed by atoms with Gasteiger partial charge in [-0.25, -0.2) is 8.78 Å². The molecule has 0 saturated carbocycles. The van der Waals surface area contributed by atoms with E-state index in [9.17, 15) is 8.78 Å². The summed E-state index contributed by atoms with van der Waals surface area (Å²) in [6.07, 6.45) is 0.453. The van der Waals surface area contributed by atoms with Crippen LogP contribution in [0.25, 0.3) is 0 Å². The molecule has 21 heavy (non-hydrogen) atoms. The average molecular weight is 419 g/mol. The molecule has 0 amide bonds. The maximum absolute atomic E-state index is 13.9. The van der Waals surface area contributed by atoms with Crippen molar-refractivity contribution in [3.63, 3.8) is 0 Å². The molecule has 0 aliphatic carbocycles. The second-order valence-corrected chi connectivity index (χ2v) is 6.49. The number of halogens is 4. The first-order valence-corrected chi connectivity index (χ1v) is 8.22. The van der Waals surface area contributed by atoms with E-state index in [2.05, 4.69) is 37.2 Å². The molecular weight excluding hydrogens is 404 g/mol. The van der Waals surface area contributed by atoms with Gasteiger partial charge in [-0.3, -0.25) is 0 Å². The molecule has 0 aliphatic heterocycles. The second-order valence-electron chi connectivity index (χ2n) is 4.72. The first-order valence-electron chi connectivity index (χ1n) is 6.63. The van der Waals surface area contributed by atoms with Gasteiger partial charge in [-0.05, 0) is 48.4 Å². The maximum Gasteiger partial charge on any atom is 0.129 e. The van der Waals surface area contributed by atoms with Gasteiger partial charge in [0, 0.05) is 21.1 Å². The molecule has 112 valence electrons. The third-order valence-corrected chi connectivity index (χ3v) is 4.44. The average Bonchev–Trinajstić information content (AvgIpc) is 2.44. The van der Waals surface area contributed by atoms with E-state index in [1.165, 1.54) is 12.1 Å². The third-order valence-electron chi connectivity index (χ3n) is 3.22. The Morgan fingerprint density at radius 2 is 1.86 bits per heavy atom. The Labute approximate surface area is 140 Å². The van der Waals surface area contributed by atoms with E-state index in [1.807, 2.05) is 25.1 Å². The molecule has 1 N–H and O–H groups in total. The fourth-order valence-corrected chi connectivity index (χ4v) is 3.13. The summed E-state index contributed by atoms with van der Waals surface area (Å²) in [6.45, 7) is 2.76. The Morgan fingerprint density at radius 3 is 2.52 bits per heavy atom. The molecule has 0 saturated heterocycles. The highest BCUT2D eigenvalue weighted by molar-refractivity contribution is 9.11. The van der Waals surface area contributed by atoms with E-state index in [4.69, 9.17) is 0 Å². The smallest absolute Gasteiger partial charge is 0.129 e. The molecule has 2 aromatic rings. The van der Waals surface area contributed by atoms with Crippen LogP contribution < -0.4 is 5.32 Å². The van der Waals surface area contributed by atoms with Crippen LogP contribution in [-0.4, -0.2) is 6.54 Å². The minimum Gasteiger partial charge on any atom is -0.310 e. The molecule has 2 rings (SSSR count). The van der Waals surface area contributed by atoms with Gasteiger partial charge in [-0.2, -0.15) is 0 Å². The Bertz CT molecular complexity index is 632. The first kappa shape index (κ1) is 16.6. The Balaban J connectivity index is 2.32. The number of likely N-dealkylation sites (N-methyl/N-ethyl adjacent to an activating group) is 1. The summed E-state index contributed by atoms with van der Waals surface area (Å²) in [5.74, 6) is -1.07. The van der Waals surface area contributed by atoms with Gasteiger partial charge in [0.15, 0.2) is 0 Å². The molecule has 2 aromatic carbocycles. The monoisotopic (exact) mass is 417 g/mol. The molecule has 0 aromatic heterocycles. The van der Waals surface area contributed by atoms with Gasteiger partial charge in [-0.15, -0.1) is 0 Å². The Kier molecular flexibility index (Phi) is 5.90. The molecule has 0 aliphatic rings. The molecule has 0 radical (unpaired) electrons. The maximum atomic E-state index is 13.9. The zero-order chi connectivity index (χ0) is 15.4. The van der Waals surface area contributed by atoms with Crippen molar-refractivity contribution in [1.82, 2.24) is 5.32 Å². The minimum atomic E-state index is -0.556. The second kappa shape index (κ2) is 7.47. The van der Waals surface area contributed by atoms with Crippen molar-refractivity contribution in [2.75, 3.05) is 6.54 Å². The molecule has 5 heteroatoms. The van der Waals surface area contributed by atoms with Crippen molar-refractivity contribution >= 4 is 31.9 Å². The highest BCUT2D eigenvalue weighted by atomic mass is 79.9. The highest BCUT2D eigenvalue weighted by Crippen LogP contribution is 2.29. The molecular formula is C16H15Br2F2N. The third kappa shape index (κ3) is 4.34. The summed E-state index contributed by atoms with van der Waals surface area (Å²) in [5, 5.41) is 3.35. The lowest BCUT2D eigenvalue weighted by Gasteiger charge is -2.20. The van der Waals surface area contributed by atoms with E-state index in [0.717, 1.165) is 27.1 Å². The molecule has 0 bridgehead atoms. The Hall–Kier alpha value is -0.780. The normalized spacial score (nSPS) is 12.4. The molecule has 1 unspecified atom stereocenters. The summed E-state index contributed by atoms with van der Waals surface area (Å²) in [7, 11) is 0. The highest BCUT2D eigenvalue weighted by Gasteiger charge is 2.17. The Morgan fingerprint density at radius 1 is 1.10 bits per heavy atom. The van der Waals surface area contributed by atoms with Gasteiger partial charge in [0.25, 0.3) is 0 Å². The quantitative estimate of drug-likeness (QED) is 0.686. The van der Waals surface area contributed by atoms with Gasteiger partial charge in [0.1, 0.15) is 11.6 Å². The number of benzene rings is 2. The summed E-state index contributed by atoms with van der Waals surface area (Å²) in [5.41, 5.74) is 1.53. The van der Waals surface area contributed by atoms with Gasteiger partial charge in [0.05, 0.1) is 0 Å². The largest absolute Gasteiger partial charge is 0.310 e.